The predicted octanol–water partition coefficient (Wildman–Crippen LogP) is 1.76. The molecular formula is C12H18N2O2. The molecule has 0 heterocycles. The molecule has 0 radical (unpaired) electrons. The van der Waals surface area contributed by atoms with Gasteiger partial charge in [0.05, 0.1) is 6.61 Å². The van der Waals surface area contributed by atoms with Gasteiger partial charge >= 0.3 is 0 Å². The van der Waals surface area contributed by atoms with E-state index in [1.165, 1.54) is 0 Å². The van der Waals surface area contributed by atoms with Crippen LogP contribution in [0.25, 0.3) is 0 Å². The molecule has 0 unspecified atom stereocenters. The van der Waals surface area contributed by atoms with E-state index in [-0.39, 0.29) is 5.91 Å². The van der Waals surface area contributed by atoms with Gasteiger partial charge in [0, 0.05) is 24.7 Å². The molecule has 0 bridgehead atoms. The number of nitrogens with one attached hydrogen (secondary N) is 1. The van der Waals surface area contributed by atoms with E-state index < -0.39 is 0 Å². The Balaban J connectivity index is 2.56. The Kier molecular flexibility index (Phi) is 5.36. The number of hydrogen-bond donors (Lipinski definition) is 2. The van der Waals surface area contributed by atoms with Crippen LogP contribution in [-0.2, 0) is 4.79 Å². The van der Waals surface area contributed by atoms with E-state index in [0.29, 0.717) is 19.6 Å². The quantitative estimate of drug-likeness (QED) is 0.771. The summed E-state index contributed by atoms with van der Waals surface area (Å²) in [6.07, 6.45) is 1.30. The summed E-state index contributed by atoms with van der Waals surface area (Å²) in [6.45, 7) is 3.09. The largest absolute Gasteiger partial charge is 0.494 e. The molecule has 0 aromatic heterocycles. The summed E-state index contributed by atoms with van der Waals surface area (Å²) in [5, 5.41) is 2.76. The molecular weight excluding hydrogens is 204 g/mol. The monoisotopic (exact) mass is 222 g/mol. The lowest BCUT2D eigenvalue weighted by molar-refractivity contribution is -0.116. The van der Waals surface area contributed by atoms with Gasteiger partial charge in [0.2, 0.25) is 5.91 Å². The number of rotatable bonds is 6. The highest BCUT2D eigenvalue weighted by Gasteiger charge is 2.01. The van der Waals surface area contributed by atoms with Crippen LogP contribution in [0.5, 0.6) is 5.75 Å². The average molecular weight is 222 g/mol. The van der Waals surface area contributed by atoms with Crippen LogP contribution < -0.4 is 15.8 Å². The average Bonchev–Trinajstić information content (AvgIpc) is 2.27. The lowest BCUT2D eigenvalue weighted by Gasteiger charge is -2.08. The normalized spacial score (nSPS) is 9.88. The molecule has 88 valence electrons. The van der Waals surface area contributed by atoms with Gasteiger partial charge in [-0.25, -0.2) is 0 Å². The number of carbonyl (C=O) groups excluding carboxylic acids is 1. The molecule has 0 aliphatic heterocycles. The Morgan fingerprint density at radius 2 is 2.31 bits per heavy atom. The predicted molar refractivity (Wildman–Crippen MR) is 64.5 cm³/mol. The number of ether oxygens (including phenoxy) is 1. The van der Waals surface area contributed by atoms with Gasteiger partial charge in [-0.2, -0.15) is 0 Å². The highest BCUT2D eigenvalue weighted by atomic mass is 16.5. The van der Waals surface area contributed by atoms with E-state index in [1.54, 1.807) is 0 Å². The summed E-state index contributed by atoms with van der Waals surface area (Å²) in [4.78, 5) is 11.3. The zero-order chi connectivity index (χ0) is 11.8. The molecule has 1 rings (SSSR count). The van der Waals surface area contributed by atoms with Crippen LogP contribution in [0.3, 0.4) is 0 Å². The minimum atomic E-state index is -0.0739. The van der Waals surface area contributed by atoms with Crippen molar-refractivity contribution >= 4 is 11.6 Å². The SMILES string of the molecule is CCCOc1cccc(NC(=O)CCN)c1. The third-order valence-electron chi connectivity index (χ3n) is 1.96. The molecule has 4 nitrogen and oxygen atoms in total. The molecule has 1 amide bonds. The van der Waals surface area contributed by atoms with Crippen LogP contribution in [0, 0.1) is 0 Å². The second-order valence-corrected chi connectivity index (χ2v) is 3.46. The third kappa shape index (κ3) is 4.31. The van der Waals surface area contributed by atoms with Crippen molar-refractivity contribution in [3.05, 3.63) is 24.3 Å². The zero-order valence-corrected chi connectivity index (χ0v) is 9.53. The van der Waals surface area contributed by atoms with Crippen molar-refractivity contribution in [1.82, 2.24) is 0 Å². The summed E-state index contributed by atoms with van der Waals surface area (Å²) in [7, 11) is 0. The molecule has 0 fully saturated rings. The van der Waals surface area contributed by atoms with E-state index in [1.807, 2.05) is 31.2 Å². The highest BCUT2D eigenvalue weighted by molar-refractivity contribution is 5.90. The molecule has 4 heteroatoms. The van der Waals surface area contributed by atoms with Gasteiger partial charge in [0.15, 0.2) is 0 Å². The first-order valence-corrected chi connectivity index (χ1v) is 5.49. The maximum atomic E-state index is 11.3. The van der Waals surface area contributed by atoms with Crippen LogP contribution >= 0.6 is 0 Å². The van der Waals surface area contributed by atoms with Crippen molar-refractivity contribution in [3.8, 4) is 5.75 Å². The van der Waals surface area contributed by atoms with Gasteiger partial charge in [-0.3, -0.25) is 4.79 Å². The van der Waals surface area contributed by atoms with Crippen molar-refractivity contribution in [2.24, 2.45) is 5.73 Å². The van der Waals surface area contributed by atoms with Crippen LogP contribution in [0.4, 0.5) is 5.69 Å². The minimum Gasteiger partial charge on any atom is -0.494 e. The molecule has 0 saturated heterocycles. The number of amides is 1. The zero-order valence-electron chi connectivity index (χ0n) is 9.53. The second kappa shape index (κ2) is 6.85. The molecule has 0 aliphatic rings. The Morgan fingerprint density at radius 3 is 3.00 bits per heavy atom. The van der Waals surface area contributed by atoms with Crippen molar-refractivity contribution in [2.45, 2.75) is 19.8 Å². The number of carbonyl (C=O) groups is 1. The van der Waals surface area contributed by atoms with Crippen molar-refractivity contribution in [2.75, 3.05) is 18.5 Å². The first kappa shape index (κ1) is 12.5. The number of nitrogens with two attached hydrogens (primary N) is 1. The fourth-order valence-corrected chi connectivity index (χ4v) is 1.24. The van der Waals surface area contributed by atoms with Gasteiger partial charge in [0.1, 0.15) is 5.75 Å². The van der Waals surface area contributed by atoms with E-state index >= 15 is 0 Å². The maximum Gasteiger partial charge on any atom is 0.225 e. The Morgan fingerprint density at radius 1 is 1.50 bits per heavy atom. The highest BCUT2D eigenvalue weighted by Crippen LogP contribution is 2.17. The molecule has 1 aromatic carbocycles. The number of anilines is 1. The Bertz CT molecular complexity index is 340. The van der Waals surface area contributed by atoms with Crippen LogP contribution in [-0.4, -0.2) is 19.1 Å². The molecule has 1 aromatic rings. The van der Waals surface area contributed by atoms with Crippen molar-refractivity contribution < 1.29 is 9.53 Å². The lowest BCUT2D eigenvalue weighted by Crippen LogP contribution is -2.16. The van der Waals surface area contributed by atoms with E-state index in [9.17, 15) is 4.79 Å². The molecule has 0 spiro atoms. The fraction of sp³-hybridized carbons (Fsp3) is 0.417. The van der Waals surface area contributed by atoms with Gasteiger partial charge < -0.3 is 15.8 Å². The summed E-state index contributed by atoms with van der Waals surface area (Å²) < 4.78 is 5.46. The van der Waals surface area contributed by atoms with Crippen molar-refractivity contribution in [3.63, 3.8) is 0 Å². The lowest BCUT2D eigenvalue weighted by atomic mass is 10.3. The topological polar surface area (TPSA) is 64.3 Å². The Hall–Kier alpha value is -1.55. The van der Waals surface area contributed by atoms with E-state index in [2.05, 4.69) is 5.32 Å². The standard InChI is InChI=1S/C12H18N2O2/c1-2-8-16-11-5-3-4-10(9-11)14-12(15)6-7-13/h3-5,9H,2,6-8,13H2,1H3,(H,14,15). The van der Waals surface area contributed by atoms with Gasteiger partial charge in [-0.05, 0) is 18.6 Å². The summed E-state index contributed by atoms with van der Waals surface area (Å²) in [5.74, 6) is 0.697. The second-order valence-electron chi connectivity index (χ2n) is 3.46. The smallest absolute Gasteiger partial charge is 0.225 e. The van der Waals surface area contributed by atoms with Crippen LogP contribution in [0.15, 0.2) is 24.3 Å². The van der Waals surface area contributed by atoms with Crippen molar-refractivity contribution in [1.29, 1.82) is 0 Å². The van der Waals surface area contributed by atoms with Gasteiger partial charge in [-0.15, -0.1) is 0 Å². The molecule has 0 aliphatic carbocycles. The Labute approximate surface area is 95.8 Å². The van der Waals surface area contributed by atoms with Crippen LogP contribution in [0.2, 0.25) is 0 Å². The molecule has 0 atom stereocenters. The number of hydrogen-bond acceptors (Lipinski definition) is 3. The summed E-state index contributed by atoms with van der Waals surface area (Å²) in [6, 6.07) is 7.36. The van der Waals surface area contributed by atoms with Gasteiger partial charge in [-0.1, -0.05) is 13.0 Å². The van der Waals surface area contributed by atoms with Gasteiger partial charge in [0.25, 0.3) is 0 Å². The van der Waals surface area contributed by atoms with E-state index in [4.69, 9.17) is 10.5 Å². The first-order chi connectivity index (χ1) is 7.76. The maximum absolute atomic E-state index is 11.3. The first-order valence-electron chi connectivity index (χ1n) is 5.49. The minimum absolute atomic E-state index is 0.0739. The third-order valence-corrected chi connectivity index (χ3v) is 1.96. The summed E-state index contributed by atoms with van der Waals surface area (Å²) in [5.41, 5.74) is 6.04. The molecule has 0 saturated carbocycles. The molecule has 16 heavy (non-hydrogen) atoms. The number of benzene rings is 1. The van der Waals surface area contributed by atoms with Crippen LogP contribution in [0.1, 0.15) is 19.8 Å². The fourth-order valence-electron chi connectivity index (χ4n) is 1.24. The molecule has 3 N–H and O–H groups in total. The van der Waals surface area contributed by atoms with E-state index in [0.717, 1.165) is 17.9 Å². The summed E-state index contributed by atoms with van der Waals surface area (Å²) >= 11 is 0.